The predicted molar refractivity (Wildman–Crippen MR) is 79.3 cm³/mol. The van der Waals surface area contributed by atoms with Gasteiger partial charge in [-0.2, -0.15) is 5.26 Å². The van der Waals surface area contributed by atoms with Crippen molar-refractivity contribution in [3.8, 4) is 6.07 Å². The molecule has 0 radical (unpaired) electrons. The highest BCUT2D eigenvalue weighted by molar-refractivity contribution is 5.46. The molecule has 0 aromatic heterocycles. The number of rotatable bonds is 4. The smallest absolute Gasteiger partial charge is 0.0753 e. The Hall–Kier alpha value is -2.27. The molecule has 0 bridgehead atoms. The molecule has 0 heterocycles. The van der Waals surface area contributed by atoms with Crippen LogP contribution in [0.25, 0.3) is 0 Å². The molecule has 0 N–H and O–H groups in total. The summed E-state index contributed by atoms with van der Waals surface area (Å²) < 4.78 is 0. The molecule has 0 aliphatic heterocycles. The molecule has 0 unspecified atom stereocenters. The molecule has 0 spiro atoms. The van der Waals surface area contributed by atoms with Gasteiger partial charge in [0.25, 0.3) is 0 Å². The first-order chi connectivity index (χ1) is 9.20. The van der Waals surface area contributed by atoms with Crippen LogP contribution in [0.15, 0.2) is 54.6 Å². The zero-order chi connectivity index (χ0) is 13.7. The average molecular weight is 250 g/mol. The van der Waals surface area contributed by atoms with Crippen LogP contribution >= 0.6 is 0 Å². The summed E-state index contributed by atoms with van der Waals surface area (Å²) >= 11 is 0. The predicted octanol–water partition coefficient (Wildman–Crippen LogP) is 3.60. The van der Waals surface area contributed by atoms with E-state index in [2.05, 4.69) is 35.2 Å². The van der Waals surface area contributed by atoms with Gasteiger partial charge in [0.15, 0.2) is 0 Å². The molecular formula is C17H18N2. The van der Waals surface area contributed by atoms with Gasteiger partial charge in [0.05, 0.1) is 12.0 Å². The number of hydrogen-bond acceptors (Lipinski definition) is 2. The minimum absolute atomic E-state index is 0.0774. The number of nitriles is 1. The number of hydrogen-bond donors (Lipinski definition) is 0. The molecule has 2 rings (SSSR count). The van der Waals surface area contributed by atoms with E-state index in [1.807, 2.05) is 44.4 Å². The van der Waals surface area contributed by atoms with Crippen molar-refractivity contribution in [2.24, 2.45) is 0 Å². The first kappa shape index (κ1) is 13.2. The highest BCUT2D eigenvalue weighted by Gasteiger charge is 2.11. The maximum Gasteiger partial charge on any atom is 0.0753 e. The van der Waals surface area contributed by atoms with Gasteiger partial charge < -0.3 is 4.90 Å². The van der Waals surface area contributed by atoms with Crippen LogP contribution < -0.4 is 4.90 Å². The van der Waals surface area contributed by atoms with Gasteiger partial charge in [0.2, 0.25) is 0 Å². The van der Waals surface area contributed by atoms with Crippen LogP contribution in [0.1, 0.15) is 17.0 Å². The third kappa shape index (κ3) is 3.35. The SMILES string of the molecule is CN(C)c1ccc(C[C@H](C#N)c2ccccc2)cc1. The summed E-state index contributed by atoms with van der Waals surface area (Å²) in [5.41, 5.74) is 3.46. The largest absolute Gasteiger partial charge is 0.378 e. The first-order valence-electron chi connectivity index (χ1n) is 6.41. The molecular weight excluding hydrogens is 232 g/mol. The topological polar surface area (TPSA) is 27.0 Å². The Morgan fingerprint density at radius 1 is 1.00 bits per heavy atom. The molecule has 2 nitrogen and oxygen atoms in total. The van der Waals surface area contributed by atoms with Crippen molar-refractivity contribution in [3.05, 3.63) is 65.7 Å². The quantitative estimate of drug-likeness (QED) is 0.829. The third-order valence-electron chi connectivity index (χ3n) is 3.25. The number of benzene rings is 2. The second kappa shape index (κ2) is 6.06. The summed E-state index contributed by atoms with van der Waals surface area (Å²) in [5.74, 6) is -0.0774. The standard InChI is InChI=1S/C17H18N2/c1-19(2)17-10-8-14(9-11-17)12-16(13-18)15-6-4-3-5-7-15/h3-11,16H,12H2,1-2H3/t16-/m1/s1. The van der Waals surface area contributed by atoms with E-state index in [0.29, 0.717) is 0 Å². The lowest BCUT2D eigenvalue weighted by atomic mass is 9.93. The molecule has 0 aliphatic carbocycles. The molecule has 0 amide bonds. The molecule has 96 valence electrons. The number of nitrogens with zero attached hydrogens (tertiary/aromatic N) is 2. The zero-order valence-corrected chi connectivity index (χ0v) is 11.4. The van der Waals surface area contributed by atoms with Crippen LogP contribution in [0.5, 0.6) is 0 Å². The highest BCUT2D eigenvalue weighted by Crippen LogP contribution is 2.21. The summed E-state index contributed by atoms with van der Waals surface area (Å²) in [4.78, 5) is 2.07. The maximum absolute atomic E-state index is 9.33. The van der Waals surface area contributed by atoms with E-state index in [0.717, 1.165) is 12.0 Å². The normalized spacial score (nSPS) is 11.6. The fourth-order valence-electron chi connectivity index (χ4n) is 2.09. The molecule has 2 heteroatoms. The summed E-state index contributed by atoms with van der Waals surface area (Å²) in [6.07, 6.45) is 0.758. The lowest BCUT2D eigenvalue weighted by Gasteiger charge is -2.14. The van der Waals surface area contributed by atoms with Crippen molar-refractivity contribution in [1.82, 2.24) is 0 Å². The summed E-state index contributed by atoms with van der Waals surface area (Å²) in [6.45, 7) is 0. The molecule has 2 aromatic carbocycles. The molecule has 1 atom stereocenters. The highest BCUT2D eigenvalue weighted by atomic mass is 15.1. The van der Waals surface area contributed by atoms with Crippen molar-refractivity contribution < 1.29 is 0 Å². The van der Waals surface area contributed by atoms with Gasteiger partial charge in [0.1, 0.15) is 0 Å². The lowest BCUT2D eigenvalue weighted by Crippen LogP contribution is -2.08. The van der Waals surface area contributed by atoms with Crippen molar-refractivity contribution in [3.63, 3.8) is 0 Å². The Kier molecular flexibility index (Phi) is 4.20. The Morgan fingerprint density at radius 2 is 1.63 bits per heavy atom. The van der Waals surface area contributed by atoms with Crippen molar-refractivity contribution in [1.29, 1.82) is 5.26 Å². The Balaban J connectivity index is 2.13. The molecule has 0 fully saturated rings. The van der Waals surface area contributed by atoms with Gasteiger partial charge in [-0.1, -0.05) is 42.5 Å². The van der Waals surface area contributed by atoms with E-state index in [4.69, 9.17) is 0 Å². The fourth-order valence-corrected chi connectivity index (χ4v) is 2.09. The van der Waals surface area contributed by atoms with Crippen LogP contribution in [0.2, 0.25) is 0 Å². The molecule has 0 saturated carbocycles. The van der Waals surface area contributed by atoms with E-state index >= 15 is 0 Å². The van der Waals surface area contributed by atoms with Gasteiger partial charge in [-0.25, -0.2) is 0 Å². The number of anilines is 1. The summed E-state index contributed by atoms with van der Waals surface area (Å²) in [7, 11) is 4.05. The third-order valence-corrected chi connectivity index (χ3v) is 3.25. The molecule has 0 aliphatic rings. The monoisotopic (exact) mass is 250 g/mol. The average Bonchev–Trinajstić information content (AvgIpc) is 2.46. The fraction of sp³-hybridized carbons (Fsp3) is 0.235. The van der Waals surface area contributed by atoms with Crippen LogP contribution in [-0.4, -0.2) is 14.1 Å². The Bertz CT molecular complexity index is 550. The zero-order valence-electron chi connectivity index (χ0n) is 11.4. The van der Waals surface area contributed by atoms with E-state index in [9.17, 15) is 5.26 Å². The van der Waals surface area contributed by atoms with Crippen LogP contribution in [-0.2, 0) is 6.42 Å². The Labute approximate surface area is 114 Å². The van der Waals surface area contributed by atoms with Crippen molar-refractivity contribution in [2.45, 2.75) is 12.3 Å². The van der Waals surface area contributed by atoms with Crippen LogP contribution in [0, 0.1) is 11.3 Å². The maximum atomic E-state index is 9.33. The summed E-state index contributed by atoms with van der Waals surface area (Å²) in [5, 5.41) is 9.33. The van der Waals surface area contributed by atoms with Gasteiger partial charge in [0, 0.05) is 19.8 Å². The second-order valence-corrected chi connectivity index (χ2v) is 4.86. The van der Waals surface area contributed by atoms with Crippen LogP contribution in [0.4, 0.5) is 5.69 Å². The molecule has 0 saturated heterocycles. The molecule has 19 heavy (non-hydrogen) atoms. The summed E-state index contributed by atoms with van der Waals surface area (Å²) in [6, 6.07) is 20.7. The van der Waals surface area contributed by atoms with Gasteiger partial charge in [-0.3, -0.25) is 0 Å². The molecule has 2 aromatic rings. The van der Waals surface area contributed by atoms with Crippen molar-refractivity contribution in [2.75, 3.05) is 19.0 Å². The minimum Gasteiger partial charge on any atom is -0.378 e. The minimum atomic E-state index is -0.0774. The lowest BCUT2D eigenvalue weighted by molar-refractivity contribution is 0.849. The van der Waals surface area contributed by atoms with Gasteiger partial charge in [-0.05, 0) is 29.7 Å². The second-order valence-electron chi connectivity index (χ2n) is 4.86. The van der Waals surface area contributed by atoms with E-state index in [1.165, 1.54) is 11.3 Å². The van der Waals surface area contributed by atoms with E-state index < -0.39 is 0 Å². The van der Waals surface area contributed by atoms with Crippen LogP contribution in [0.3, 0.4) is 0 Å². The van der Waals surface area contributed by atoms with E-state index in [1.54, 1.807) is 0 Å². The Morgan fingerprint density at radius 3 is 2.16 bits per heavy atom. The first-order valence-corrected chi connectivity index (χ1v) is 6.41. The van der Waals surface area contributed by atoms with Crippen molar-refractivity contribution >= 4 is 5.69 Å². The van der Waals surface area contributed by atoms with Gasteiger partial charge >= 0.3 is 0 Å². The van der Waals surface area contributed by atoms with Gasteiger partial charge in [-0.15, -0.1) is 0 Å². The van der Waals surface area contributed by atoms with E-state index in [-0.39, 0.29) is 5.92 Å².